The molecule has 0 aliphatic carbocycles. The number of amides is 3. The average Bonchev–Trinajstić information content (AvgIpc) is 2.50. The van der Waals surface area contributed by atoms with Gasteiger partial charge in [0.15, 0.2) is 0 Å². The number of nitrogens with zero attached hydrogens (tertiary/aromatic N) is 3. The van der Waals surface area contributed by atoms with Crippen LogP contribution in [0.3, 0.4) is 0 Å². The van der Waals surface area contributed by atoms with Crippen molar-refractivity contribution in [2.75, 3.05) is 18.4 Å². The number of likely N-dealkylation sites (tertiary alicyclic amines) is 1. The molecule has 0 spiro atoms. The Bertz CT molecular complexity index is 503. The van der Waals surface area contributed by atoms with Gasteiger partial charge in [-0.25, -0.2) is 14.8 Å². The molecule has 0 saturated carbocycles. The van der Waals surface area contributed by atoms with Crippen molar-refractivity contribution >= 4 is 17.6 Å². The minimum absolute atomic E-state index is 0.0171. The van der Waals surface area contributed by atoms with Crippen molar-refractivity contribution in [2.45, 2.75) is 39.2 Å². The first-order valence-corrected chi connectivity index (χ1v) is 7.31. The Morgan fingerprint density at radius 3 is 2.71 bits per heavy atom. The lowest BCUT2D eigenvalue weighted by Gasteiger charge is -2.31. The highest BCUT2D eigenvalue weighted by atomic mass is 16.2. The summed E-state index contributed by atoms with van der Waals surface area (Å²) in [5.41, 5.74) is 0.514. The number of urea groups is 1. The highest BCUT2D eigenvalue weighted by Crippen LogP contribution is 2.11. The second-order valence-corrected chi connectivity index (χ2v) is 4.95. The standard InChI is InChI=1S/C14H21N5O2/c1-3-12-15-8-10(9-16-12)17-14(21)18-11-6-5-7-19(4-2)13(11)20/h8-9,11H,3-7H2,1-2H3,(H2,17,18,21). The number of hydrogen-bond donors (Lipinski definition) is 2. The van der Waals surface area contributed by atoms with Gasteiger partial charge in [-0.05, 0) is 19.8 Å². The minimum Gasteiger partial charge on any atom is -0.341 e. The Morgan fingerprint density at radius 2 is 2.10 bits per heavy atom. The molecular formula is C14H21N5O2. The van der Waals surface area contributed by atoms with Crippen LogP contribution in [0, 0.1) is 0 Å². The monoisotopic (exact) mass is 291 g/mol. The molecule has 0 aromatic carbocycles. The summed E-state index contributed by atoms with van der Waals surface area (Å²) in [5, 5.41) is 5.36. The third-order valence-corrected chi connectivity index (χ3v) is 3.50. The van der Waals surface area contributed by atoms with E-state index in [1.54, 1.807) is 17.3 Å². The van der Waals surface area contributed by atoms with Crippen LogP contribution >= 0.6 is 0 Å². The molecule has 1 fully saturated rings. The van der Waals surface area contributed by atoms with Gasteiger partial charge in [0.2, 0.25) is 5.91 Å². The molecular weight excluding hydrogens is 270 g/mol. The van der Waals surface area contributed by atoms with Gasteiger partial charge in [-0.1, -0.05) is 6.92 Å². The molecule has 1 saturated heterocycles. The van der Waals surface area contributed by atoms with Gasteiger partial charge >= 0.3 is 6.03 Å². The molecule has 114 valence electrons. The van der Waals surface area contributed by atoms with E-state index in [-0.39, 0.29) is 5.91 Å². The number of likely N-dealkylation sites (N-methyl/N-ethyl adjacent to an activating group) is 1. The van der Waals surface area contributed by atoms with E-state index in [1.165, 1.54) is 0 Å². The van der Waals surface area contributed by atoms with Gasteiger partial charge in [0, 0.05) is 19.5 Å². The van der Waals surface area contributed by atoms with Crippen LogP contribution in [0.25, 0.3) is 0 Å². The van der Waals surface area contributed by atoms with Crippen LogP contribution < -0.4 is 10.6 Å². The number of aryl methyl sites for hydroxylation is 1. The largest absolute Gasteiger partial charge is 0.341 e. The maximum Gasteiger partial charge on any atom is 0.319 e. The zero-order valence-electron chi connectivity index (χ0n) is 12.4. The van der Waals surface area contributed by atoms with Crippen LogP contribution in [0.4, 0.5) is 10.5 Å². The molecule has 21 heavy (non-hydrogen) atoms. The van der Waals surface area contributed by atoms with Gasteiger partial charge in [0.05, 0.1) is 18.1 Å². The summed E-state index contributed by atoms with van der Waals surface area (Å²) in [4.78, 5) is 34.0. The molecule has 2 N–H and O–H groups in total. The first-order chi connectivity index (χ1) is 10.1. The van der Waals surface area contributed by atoms with Gasteiger partial charge in [-0.15, -0.1) is 0 Å². The third-order valence-electron chi connectivity index (χ3n) is 3.50. The Morgan fingerprint density at radius 1 is 1.38 bits per heavy atom. The zero-order chi connectivity index (χ0) is 15.2. The number of hydrogen-bond acceptors (Lipinski definition) is 4. The predicted octanol–water partition coefficient (Wildman–Crippen LogP) is 1.17. The summed E-state index contributed by atoms with van der Waals surface area (Å²) >= 11 is 0. The summed E-state index contributed by atoms with van der Waals surface area (Å²) in [5.74, 6) is 0.707. The molecule has 2 rings (SSSR count). The van der Waals surface area contributed by atoms with Crippen LogP contribution in [0.5, 0.6) is 0 Å². The Hall–Kier alpha value is -2.18. The van der Waals surface area contributed by atoms with E-state index < -0.39 is 12.1 Å². The van der Waals surface area contributed by atoms with Gasteiger partial charge in [0.25, 0.3) is 0 Å². The number of carbonyl (C=O) groups excluding carboxylic acids is 2. The predicted molar refractivity (Wildman–Crippen MR) is 78.8 cm³/mol. The molecule has 1 aliphatic heterocycles. The highest BCUT2D eigenvalue weighted by Gasteiger charge is 2.28. The number of nitrogens with one attached hydrogen (secondary N) is 2. The van der Waals surface area contributed by atoms with Crippen molar-refractivity contribution in [1.82, 2.24) is 20.2 Å². The van der Waals surface area contributed by atoms with E-state index in [9.17, 15) is 9.59 Å². The smallest absolute Gasteiger partial charge is 0.319 e. The molecule has 7 nitrogen and oxygen atoms in total. The molecule has 1 unspecified atom stereocenters. The van der Waals surface area contributed by atoms with Crippen molar-refractivity contribution < 1.29 is 9.59 Å². The Labute approximate surface area is 124 Å². The first-order valence-electron chi connectivity index (χ1n) is 7.31. The van der Waals surface area contributed by atoms with E-state index in [0.717, 1.165) is 25.2 Å². The Balaban J connectivity index is 1.90. The fraction of sp³-hybridized carbons (Fsp3) is 0.571. The summed E-state index contributed by atoms with van der Waals surface area (Å²) in [6.45, 7) is 5.34. The van der Waals surface area contributed by atoms with Crippen LogP contribution in [0.2, 0.25) is 0 Å². The lowest BCUT2D eigenvalue weighted by Crippen LogP contribution is -2.52. The lowest BCUT2D eigenvalue weighted by molar-refractivity contribution is -0.135. The van der Waals surface area contributed by atoms with E-state index in [1.807, 2.05) is 13.8 Å². The normalized spacial score (nSPS) is 18.5. The van der Waals surface area contributed by atoms with Gasteiger partial charge in [-0.3, -0.25) is 4.79 Å². The van der Waals surface area contributed by atoms with Crippen molar-refractivity contribution in [3.8, 4) is 0 Å². The lowest BCUT2D eigenvalue weighted by atomic mass is 10.1. The van der Waals surface area contributed by atoms with E-state index in [2.05, 4.69) is 20.6 Å². The fourth-order valence-corrected chi connectivity index (χ4v) is 2.32. The van der Waals surface area contributed by atoms with Crippen LogP contribution in [-0.4, -0.2) is 45.9 Å². The quantitative estimate of drug-likeness (QED) is 0.871. The summed E-state index contributed by atoms with van der Waals surface area (Å²) in [6.07, 6.45) is 5.45. The molecule has 3 amide bonds. The number of anilines is 1. The molecule has 0 radical (unpaired) electrons. The molecule has 0 bridgehead atoms. The number of aromatic nitrogens is 2. The maximum atomic E-state index is 12.1. The van der Waals surface area contributed by atoms with Crippen molar-refractivity contribution in [1.29, 1.82) is 0 Å². The van der Waals surface area contributed by atoms with Gasteiger partial charge < -0.3 is 15.5 Å². The highest BCUT2D eigenvalue weighted by molar-refractivity contribution is 5.93. The third kappa shape index (κ3) is 3.90. The van der Waals surface area contributed by atoms with Crippen LogP contribution in [0.1, 0.15) is 32.5 Å². The first kappa shape index (κ1) is 15.2. The molecule has 1 atom stereocenters. The minimum atomic E-state index is -0.450. The second-order valence-electron chi connectivity index (χ2n) is 4.95. The molecule has 1 aliphatic rings. The van der Waals surface area contributed by atoms with Crippen LogP contribution in [-0.2, 0) is 11.2 Å². The molecule has 2 heterocycles. The average molecular weight is 291 g/mol. The fourth-order valence-electron chi connectivity index (χ4n) is 2.32. The molecule has 1 aromatic heterocycles. The number of piperidine rings is 1. The number of rotatable bonds is 4. The van der Waals surface area contributed by atoms with Crippen molar-refractivity contribution in [3.05, 3.63) is 18.2 Å². The Kier molecular flexibility index (Phi) is 5.08. The number of carbonyl (C=O) groups is 2. The zero-order valence-corrected chi connectivity index (χ0v) is 12.4. The summed E-state index contributed by atoms with van der Waals surface area (Å²) < 4.78 is 0. The second kappa shape index (κ2) is 7.01. The van der Waals surface area contributed by atoms with Gasteiger partial charge in [-0.2, -0.15) is 0 Å². The van der Waals surface area contributed by atoms with Crippen LogP contribution in [0.15, 0.2) is 12.4 Å². The van der Waals surface area contributed by atoms with E-state index in [4.69, 9.17) is 0 Å². The maximum absolute atomic E-state index is 12.1. The summed E-state index contributed by atoms with van der Waals surface area (Å²) in [7, 11) is 0. The van der Waals surface area contributed by atoms with Gasteiger partial charge in [0.1, 0.15) is 11.9 Å². The van der Waals surface area contributed by atoms with Crippen molar-refractivity contribution in [2.24, 2.45) is 0 Å². The van der Waals surface area contributed by atoms with Crippen molar-refractivity contribution in [3.63, 3.8) is 0 Å². The van der Waals surface area contributed by atoms with E-state index in [0.29, 0.717) is 18.7 Å². The van der Waals surface area contributed by atoms with E-state index >= 15 is 0 Å². The molecule has 1 aromatic rings. The topological polar surface area (TPSA) is 87.2 Å². The summed E-state index contributed by atoms with van der Waals surface area (Å²) in [6, 6.07) is -0.853. The molecule has 7 heteroatoms. The SMILES string of the molecule is CCc1ncc(NC(=O)NC2CCCN(CC)C2=O)cn1.